The molecular weight excluding hydrogens is 268 g/mol. The fourth-order valence-corrected chi connectivity index (χ4v) is 2.96. The molecule has 0 spiro atoms. The van der Waals surface area contributed by atoms with Crippen molar-refractivity contribution in [1.29, 1.82) is 0 Å². The van der Waals surface area contributed by atoms with Crippen molar-refractivity contribution in [3.05, 3.63) is 77.9 Å². The van der Waals surface area contributed by atoms with Crippen LogP contribution in [-0.2, 0) is 0 Å². The monoisotopic (exact) mass is 285 g/mol. The molecule has 0 saturated carbocycles. The van der Waals surface area contributed by atoms with Crippen molar-refractivity contribution in [3.63, 3.8) is 0 Å². The second kappa shape index (κ2) is 4.92. The molecule has 0 bridgehead atoms. The highest BCUT2D eigenvalue weighted by Gasteiger charge is 2.20. The number of aromatic nitrogens is 2. The predicted molar refractivity (Wildman–Crippen MR) is 90.3 cm³/mol. The number of benzene rings is 3. The van der Waals surface area contributed by atoms with Crippen LogP contribution in [0.15, 0.2) is 66.7 Å². The zero-order valence-electron chi connectivity index (χ0n) is 12.7. The SMILES string of the molecule is Cc1ccc2c(nc3ccccc3[n+]2-c2ccccc2)c1C. The molecule has 0 fully saturated rings. The summed E-state index contributed by atoms with van der Waals surface area (Å²) >= 11 is 0. The number of para-hydroxylation sites is 3. The number of fused-ring (bicyclic) bond motifs is 2. The van der Waals surface area contributed by atoms with E-state index in [1.165, 1.54) is 11.1 Å². The molecule has 2 heteroatoms. The average molecular weight is 285 g/mol. The van der Waals surface area contributed by atoms with Crippen molar-refractivity contribution in [2.24, 2.45) is 0 Å². The second-order valence-corrected chi connectivity index (χ2v) is 5.65. The lowest BCUT2D eigenvalue weighted by molar-refractivity contribution is -0.538. The smallest absolute Gasteiger partial charge is 0.235 e. The molecule has 1 heterocycles. The molecule has 4 aromatic rings. The summed E-state index contributed by atoms with van der Waals surface area (Å²) in [5.41, 5.74) is 8.05. The Morgan fingerprint density at radius 1 is 0.727 bits per heavy atom. The minimum Gasteiger partial charge on any atom is -0.235 e. The summed E-state index contributed by atoms with van der Waals surface area (Å²) < 4.78 is 2.30. The summed E-state index contributed by atoms with van der Waals surface area (Å²) in [6, 6.07) is 23.1. The maximum atomic E-state index is 4.90. The van der Waals surface area contributed by atoms with E-state index in [1.807, 2.05) is 12.1 Å². The summed E-state index contributed by atoms with van der Waals surface area (Å²) in [5.74, 6) is 0. The molecule has 0 saturated heterocycles. The highest BCUT2D eigenvalue weighted by atomic mass is 15.0. The van der Waals surface area contributed by atoms with Crippen LogP contribution in [0.4, 0.5) is 0 Å². The Kier molecular flexibility index (Phi) is 2.90. The Labute approximate surface area is 129 Å². The van der Waals surface area contributed by atoms with Gasteiger partial charge in [0.2, 0.25) is 16.7 Å². The summed E-state index contributed by atoms with van der Waals surface area (Å²) in [7, 11) is 0. The fourth-order valence-electron chi connectivity index (χ4n) is 2.96. The first-order valence-corrected chi connectivity index (χ1v) is 7.52. The summed E-state index contributed by atoms with van der Waals surface area (Å²) in [6.07, 6.45) is 0. The molecule has 0 radical (unpaired) electrons. The van der Waals surface area contributed by atoms with E-state index in [2.05, 4.69) is 73.0 Å². The van der Waals surface area contributed by atoms with Crippen LogP contribution in [0.5, 0.6) is 0 Å². The maximum Gasteiger partial charge on any atom is 0.237 e. The van der Waals surface area contributed by atoms with Crippen molar-refractivity contribution in [1.82, 2.24) is 4.98 Å². The molecule has 0 unspecified atom stereocenters. The van der Waals surface area contributed by atoms with E-state index in [0.717, 1.165) is 27.8 Å². The topological polar surface area (TPSA) is 16.8 Å². The van der Waals surface area contributed by atoms with E-state index in [9.17, 15) is 0 Å². The van der Waals surface area contributed by atoms with E-state index in [1.54, 1.807) is 0 Å². The molecule has 0 aliphatic rings. The van der Waals surface area contributed by atoms with Crippen molar-refractivity contribution < 1.29 is 4.57 Å². The second-order valence-electron chi connectivity index (χ2n) is 5.65. The number of hydrogen-bond acceptors (Lipinski definition) is 1. The van der Waals surface area contributed by atoms with Gasteiger partial charge in [-0.3, -0.25) is 0 Å². The molecule has 4 rings (SSSR count). The number of hydrogen-bond donors (Lipinski definition) is 0. The van der Waals surface area contributed by atoms with Crippen LogP contribution in [0, 0.1) is 13.8 Å². The van der Waals surface area contributed by atoms with E-state index < -0.39 is 0 Å². The predicted octanol–water partition coefficient (Wildman–Crippen LogP) is 4.28. The normalized spacial score (nSPS) is 11.2. The van der Waals surface area contributed by atoms with Crippen LogP contribution >= 0.6 is 0 Å². The van der Waals surface area contributed by atoms with Crippen LogP contribution in [0.25, 0.3) is 27.8 Å². The number of aryl methyl sites for hydroxylation is 2. The summed E-state index contributed by atoms with van der Waals surface area (Å²) in [4.78, 5) is 4.90. The summed E-state index contributed by atoms with van der Waals surface area (Å²) in [6.45, 7) is 4.28. The highest BCUT2D eigenvalue weighted by Crippen LogP contribution is 2.21. The van der Waals surface area contributed by atoms with Crippen molar-refractivity contribution >= 4 is 22.1 Å². The molecule has 3 aromatic carbocycles. The maximum absolute atomic E-state index is 4.90. The van der Waals surface area contributed by atoms with Crippen LogP contribution in [0.1, 0.15) is 11.1 Å². The van der Waals surface area contributed by atoms with Gasteiger partial charge in [-0.15, -0.1) is 4.57 Å². The third kappa shape index (κ3) is 1.88. The van der Waals surface area contributed by atoms with Crippen molar-refractivity contribution in [3.8, 4) is 5.69 Å². The van der Waals surface area contributed by atoms with Crippen molar-refractivity contribution in [2.75, 3.05) is 0 Å². The molecule has 0 aliphatic carbocycles. The fraction of sp³-hybridized carbons (Fsp3) is 0.100. The minimum absolute atomic E-state index is 1.02. The molecule has 0 aliphatic heterocycles. The van der Waals surface area contributed by atoms with E-state index in [4.69, 9.17) is 4.98 Å². The Balaban J connectivity index is 2.25. The minimum atomic E-state index is 1.02. The van der Waals surface area contributed by atoms with Gasteiger partial charge in [-0.05, 0) is 31.0 Å². The Morgan fingerprint density at radius 2 is 1.45 bits per heavy atom. The quantitative estimate of drug-likeness (QED) is 0.377. The number of rotatable bonds is 1. The Morgan fingerprint density at radius 3 is 2.27 bits per heavy atom. The third-order valence-electron chi connectivity index (χ3n) is 4.29. The van der Waals surface area contributed by atoms with E-state index in [-0.39, 0.29) is 0 Å². The van der Waals surface area contributed by atoms with Crippen LogP contribution < -0.4 is 4.57 Å². The highest BCUT2D eigenvalue weighted by molar-refractivity contribution is 5.84. The largest absolute Gasteiger partial charge is 0.237 e. The lowest BCUT2D eigenvalue weighted by atomic mass is 10.1. The lowest BCUT2D eigenvalue weighted by Gasteiger charge is -2.08. The average Bonchev–Trinajstić information content (AvgIpc) is 2.57. The lowest BCUT2D eigenvalue weighted by Crippen LogP contribution is -2.33. The molecule has 2 nitrogen and oxygen atoms in total. The first kappa shape index (κ1) is 13.0. The Hall–Kier alpha value is -2.74. The van der Waals surface area contributed by atoms with Crippen LogP contribution in [0.2, 0.25) is 0 Å². The zero-order valence-corrected chi connectivity index (χ0v) is 12.7. The molecule has 0 atom stereocenters. The van der Waals surface area contributed by atoms with Crippen LogP contribution in [-0.4, -0.2) is 4.98 Å². The molecular formula is C20H17N2+. The number of nitrogens with zero attached hydrogens (tertiary/aromatic N) is 2. The van der Waals surface area contributed by atoms with E-state index in [0.29, 0.717) is 0 Å². The van der Waals surface area contributed by atoms with Gasteiger partial charge in [0.25, 0.3) is 0 Å². The van der Waals surface area contributed by atoms with Gasteiger partial charge in [0.05, 0.1) is 0 Å². The molecule has 0 amide bonds. The van der Waals surface area contributed by atoms with Crippen molar-refractivity contribution in [2.45, 2.75) is 13.8 Å². The Bertz CT molecular complexity index is 989. The summed E-state index contributed by atoms with van der Waals surface area (Å²) in [5, 5.41) is 0. The van der Waals surface area contributed by atoms with Gasteiger partial charge in [-0.2, -0.15) is 0 Å². The van der Waals surface area contributed by atoms with Gasteiger partial charge in [-0.1, -0.05) is 36.4 Å². The molecule has 22 heavy (non-hydrogen) atoms. The van der Waals surface area contributed by atoms with Crippen LogP contribution in [0.3, 0.4) is 0 Å². The van der Waals surface area contributed by atoms with E-state index >= 15 is 0 Å². The third-order valence-corrected chi connectivity index (χ3v) is 4.29. The zero-order chi connectivity index (χ0) is 15.1. The van der Waals surface area contributed by atoms with Gasteiger partial charge < -0.3 is 0 Å². The van der Waals surface area contributed by atoms with Gasteiger partial charge in [-0.25, -0.2) is 4.98 Å². The molecule has 1 aromatic heterocycles. The standard InChI is InChI=1S/C20H17N2/c1-14-12-13-19-20(15(14)2)21-17-10-6-7-11-18(17)22(19)16-8-4-3-5-9-16/h3-13H,1-2H3/q+1. The van der Waals surface area contributed by atoms with Gasteiger partial charge in [0, 0.05) is 24.3 Å². The molecule has 106 valence electrons. The first-order valence-electron chi connectivity index (χ1n) is 7.52. The first-order chi connectivity index (χ1) is 10.8. The van der Waals surface area contributed by atoms with Gasteiger partial charge >= 0.3 is 0 Å². The van der Waals surface area contributed by atoms with Gasteiger partial charge in [0.15, 0.2) is 0 Å². The molecule has 0 N–H and O–H groups in total. The van der Waals surface area contributed by atoms with Gasteiger partial charge in [0.1, 0.15) is 11.0 Å².